The summed E-state index contributed by atoms with van der Waals surface area (Å²) in [5.41, 5.74) is 1.86. The molecule has 0 aliphatic heterocycles. The zero-order valence-corrected chi connectivity index (χ0v) is 16.7. The van der Waals surface area contributed by atoms with Gasteiger partial charge in [-0.1, -0.05) is 0 Å². The molecule has 0 atom stereocenters. The smallest absolute Gasteiger partial charge is 0.307 e. The van der Waals surface area contributed by atoms with Crippen molar-refractivity contribution < 1.29 is 24.0 Å². The Morgan fingerprint density at radius 2 is 1.30 bits per heavy atom. The molecule has 0 amide bonds. The number of methoxy groups -OCH3 is 2. The summed E-state index contributed by atoms with van der Waals surface area (Å²) in [6.45, 7) is 0.765. The number of hydrogen-bond donors (Lipinski definition) is 0. The Morgan fingerprint density at radius 1 is 0.867 bits per heavy atom. The van der Waals surface area contributed by atoms with E-state index in [0.717, 1.165) is 5.69 Å². The summed E-state index contributed by atoms with van der Waals surface area (Å²) in [7, 11) is 2.65. The normalized spacial score (nSPS) is 10.6. The highest BCUT2D eigenvalue weighted by Gasteiger charge is 2.12. The lowest BCUT2D eigenvalue weighted by molar-refractivity contribution is -0.384. The minimum absolute atomic E-state index is 0.0164. The van der Waals surface area contributed by atoms with Crippen molar-refractivity contribution in [1.82, 2.24) is 0 Å². The number of carbonyl (C=O) groups is 2. The molecule has 10 nitrogen and oxygen atoms in total. The molecule has 2 aromatic rings. The summed E-state index contributed by atoms with van der Waals surface area (Å²) in [5, 5.41) is 18.9. The average molecular weight is 414 g/mol. The van der Waals surface area contributed by atoms with Crippen molar-refractivity contribution in [2.24, 2.45) is 10.2 Å². The number of nitrogens with zero attached hydrogens (tertiary/aromatic N) is 4. The van der Waals surface area contributed by atoms with Crippen molar-refractivity contribution in [3.63, 3.8) is 0 Å². The van der Waals surface area contributed by atoms with E-state index in [4.69, 9.17) is 0 Å². The fraction of sp³-hybridized carbons (Fsp3) is 0.300. The molecule has 2 aromatic carbocycles. The van der Waals surface area contributed by atoms with Crippen molar-refractivity contribution >= 4 is 34.7 Å². The van der Waals surface area contributed by atoms with Gasteiger partial charge in [0.15, 0.2) is 0 Å². The van der Waals surface area contributed by atoms with Crippen LogP contribution in [-0.2, 0) is 19.1 Å². The largest absolute Gasteiger partial charge is 0.469 e. The van der Waals surface area contributed by atoms with Gasteiger partial charge >= 0.3 is 11.9 Å². The van der Waals surface area contributed by atoms with Crippen LogP contribution in [0.25, 0.3) is 0 Å². The van der Waals surface area contributed by atoms with Gasteiger partial charge in [-0.15, -0.1) is 0 Å². The van der Waals surface area contributed by atoms with Gasteiger partial charge in [-0.2, -0.15) is 10.2 Å². The van der Waals surface area contributed by atoms with E-state index in [-0.39, 0.29) is 30.5 Å². The fourth-order valence-corrected chi connectivity index (χ4v) is 2.51. The fourth-order valence-electron chi connectivity index (χ4n) is 2.51. The van der Waals surface area contributed by atoms with Crippen LogP contribution in [0.4, 0.5) is 22.7 Å². The van der Waals surface area contributed by atoms with Crippen molar-refractivity contribution in [1.29, 1.82) is 0 Å². The third-order valence-corrected chi connectivity index (χ3v) is 4.18. The van der Waals surface area contributed by atoms with Crippen molar-refractivity contribution in [2.45, 2.75) is 12.8 Å². The van der Waals surface area contributed by atoms with E-state index < -0.39 is 4.92 Å². The van der Waals surface area contributed by atoms with Crippen LogP contribution in [0.5, 0.6) is 0 Å². The van der Waals surface area contributed by atoms with Crippen LogP contribution >= 0.6 is 0 Å². The number of hydrogen-bond acceptors (Lipinski definition) is 9. The molecule has 0 spiro atoms. The first-order valence-electron chi connectivity index (χ1n) is 9.07. The molecule has 0 heterocycles. The predicted molar refractivity (Wildman–Crippen MR) is 109 cm³/mol. The molecule has 0 unspecified atom stereocenters. The Labute approximate surface area is 173 Å². The molecule has 0 aliphatic rings. The summed E-state index contributed by atoms with van der Waals surface area (Å²) < 4.78 is 9.35. The number of carbonyl (C=O) groups excluding carboxylic acids is 2. The Balaban J connectivity index is 2.07. The van der Waals surface area contributed by atoms with Crippen LogP contribution in [0.2, 0.25) is 0 Å². The van der Waals surface area contributed by atoms with Gasteiger partial charge in [0, 0.05) is 30.9 Å². The van der Waals surface area contributed by atoms with Gasteiger partial charge < -0.3 is 14.4 Å². The first-order chi connectivity index (χ1) is 14.4. The van der Waals surface area contributed by atoms with Gasteiger partial charge in [-0.05, 0) is 36.4 Å². The second-order valence-corrected chi connectivity index (χ2v) is 6.13. The van der Waals surface area contributed by atoms with Crippen LogP contribution in [0.15, 0.2) is 58.8 Å². The summed E-state index contributed by atoms with van der Waals surface area (Å²) in [6.07, 6.45) is 0.360. The number of azo groups is 1. The molecule has 0 aliphatic carbocycles. The van der Waals surface area contributed by atoms with E-state index in [9.17, 15) is 19.7 Å². The second kappa shape index (κ2) is 11.2. The minimum Gasteiger partial charge on any atom is -0.469 e. The molecule has 0 N–H and O–H groups in total. The van der Waals surface area contributed by atoms with E-state index in [2.05, 4.69) is 19.7 Å². The Kier molecular flexibility index (Phi) is 8.42. The molecule has 10 heteroatoms. The zero-order chi connectivity index (χ0) is 21.9. The SMILES string of the molecule is COC(=O)CCN(CCC(=O)OC)c1ccc(N=Nc2ccc([N+](=O)[O-])cc2)cc1. The van der Waals surface area contributed by atoms with Gasteiger partial charge in [0.05, 0.1) is 43.4 Å². The average Bonchev–Trinajstić information content (AvgIpc) is 2.77. The van der Waals surface area contributed by atoms with E-state index in [1.165, 1.54) is 38.5 Å². The summed E-state index contributed by atoms with van der Waals surface area (Å²) >= 11 is 0. The molecule has 158 valence electrons. The number of nitro benzene ring substituents is 1. The zero-order valence-electron chi connectivity index (χ0n) is 16.7. The van der Waals surface area contributed by atoms with Crippen molar-refractivity contribution in [3.8, 4) is 0 Å². The maximum absolute atomic E-state index is 11.5. The molecular weight excluding hydrogens is 392 g/mol. The quantitative estimate of drug-likeness (QED) is 0.249. The lowest BCUT2D eigenvalue weighted by Gasteiger charge is -2.24. The molecular formula is C20H22N4O6. The highest BCUT2D eigenvalue weighted by atomic mass is 16.6. The number of ether oxygens (including phenoxy) is 2. The highest BCUT2D eigenvalue weighted by Crippen LogP contribution is 2.24. The number of esters is 2. The lowest BCUT2D eigenvalue weighted by Crippen LogP contribution is -2.29. The van der Waals surface area contributed by atoms with E-state index >= 15 is 0 Å². The first kappa shape index (κ1) is 22.5. The number of anilines is 1. The molecule has 0 fully saturated rings. The van der Waals surface area contributed by atoms with Gasteiger partial charge in [-0.25, -0.2) is 0 Å². The van der Waals surface area contributed by atoms with Gasteiger partial charge in [0.1, 0.15) is 0 Å². The highest BCUT2D eigenvalue weighted by molar-refractivity contribution is 5.71. The predicted octanol–water partition coefficient (Wildman–Crippen LogP) is 3.94. The van der Waals surface area contributed by atoms with Gasteiger partial charge in [0.25, 0.3) is 5.69 Å². The van der Waals surface area contributed by atoms with E-state index in [1.54, 1.807) is 24.3 Å². The molecule has 30 heavy (non-hydrogen) atoms. The van der Waals surface area contributed by atoms with Crippen LogP contribution in [0.1, 0.15) is 12.8 Å². The summed E-state index contributed by atoms with van der Waals surface area (Å²) in [4.78, 5) is 35.0. The second-order valence-electron chi connectivity index (χ2n) is 6.13. The van der Waals surface area contributed by atoms with Gasteiger partial charge in [-0.3, -0.25) is 19.7 Å². The van der Waals surface area contributed by atoms with Crippen LogP contribution < -0.4 is 4.90 Å². The van der Waals surface area contributed by atoms with E-state index in [1.807, 2.05) is 4.90 Å². The Hall–Kier alpha value is -3.82. The van der Waals surface area contributed by atoms with Gasteiger partial charge in [0.2, 0.25) is 0 Å². The maximum atomic E-state index is 11.5. The maximum Gasteiger partial charge on any atom is 0.307 e. The topological polar surface area (TPSA) is 124 Å². The molecule has 0 saturated heterocycles. The molecule has 0 saturated carbocycles. The molecule has 0 aromatic heterocycles. The molecule has 2 rings (SSSR count). The minimum atomic E-state index is -0.480. The third kappa shape index (κ3) is 6.97. The van der Waals surface area contributed by atoms with E-state index in [0.29, 0.717) is 24.5 Å². The monoisotopic (exact) mass is 414 g/mol. The van der Waals surface area contributed by atoms with Crippen molar-refractivity contribution in [2.75, 3.05) is 32.2 Å². The standard InChI is InChI=1S/C20H22N4O6/c1-29-19(25)11-13-23(14-12-20(26)30-2)17-7-3-15(4-8-17)21-22-16-5-9-18(10-6-16)24(27)28/h3-10H,11-14H2,1-2H3. The molecule has 0 radical (unpaired) electrons. The number of rotatable bonds is 10. The Bertz CT molecular complexity index is 877. The number of benzene rings is 2. The summed E-state index contributed by atoms with van der Waals surface area (Å²) in [6, 6.07) is 12.8. The molecule has 0 bridgehead atoms. The van der Waals surface area contributed by atoms with Crippen LogP contribution in [-0.4, -0.2) is 44.2 Å². The summed E-state index contributed by atoms with van der Waals surface area (Å²) in [5.74, 6) is -0.682. The van der Waals surface area contributed by atoms with Crippen LogP contribution in [0.3, 0.4) is 0 Å². The number of non-ortho nitro benzene ring substituents is 1. The number of nitro groups is 1. The van der Waals surface area contributed by atoms with Crippen LogP contribution in [0, 0.1) is 10.1 Å². The first-order valence-corrected chi connectivity index (χ1v) is 9.07. The lowest BCUT2D eigenvalue weighted by atomic mass is 10.2. The Morgan fingerprint density at radius 3 is 1.70 bits per heavy atom. The van der Waals surface area contributed by atoms with Crippen molar-refractivity contribution in [3.05, 3.63) is 58.6 Å². The third-order valence-electron chi connectivity index (χ3n) is 4.18.